The molecule has 0 bridgehead atoms. The molecule has 1 aliphatic carbocycles. The summed E-state index contributed by atoms with van der Waals surface area (Å²) in [6.45, 7) is 1.58. The summed E-state index contributed by atoms with van der Waals surface area (Å²) in [6.07, 6.45) is 3.98. The number of rotatable bonds is 3. The molecule has 0 aliphatic heterocycles. The molecule has 1 aromatic heterocycles. The first-order valence-corrected chi connectivity index (χ1v) is 9.45. The van der Waals surface area contributed by atoms with Crippen molar-refractivity contribution in [3.8, 4) is 6.07 Å². The van der Waals surface area contributed by atoms with Gasteiger partial charge in [0.25, 0.3) is 0 Å². The molecular formula is C24H20N2O2. The molecule has 0 amide bonds. The molecule has 138 valence electrons. The molecule has 4 heteroatoms. The molecule has 0 radical (unpaired) electrons. The standard InChI is InChI=1S/C24H20N2O2/c1-16(15-25)28-24(27)22-19-11-5-6-13-21(19)26-23-18(10-7-12-20(22)23)14-17-8-3-2-4-9-17/h2-6,8-9,11,13-14,16H,7,10,12H2,1H3/b18-14+/t16-/m0/s1. The number of allylic oxidation sites excluding steroid dienone is 1. The number of para-hydroxylation sites is 1. The zero-order valence-corrected chi connectivity index (χ0v) is 15.7. The zero-order valence-electron chi connectivity index (χ0n) is 15.7. The van der Waals surface area contributed by atoms with Gasteiger partial charge in [-0.2, -0.15) is 5.26 Å². The number of pyridine rings is 1. The molecule has 3 aromatic rings. The Labute approximate surface area is 164 Å². The van der Waals surface area contributed by atoms with Crippen molar-refractivity contribution in [1.29, 1.82) is 5.26 Å². The van der Waals surface area contributed by atoms with Gasteiger partial charge in [-0.05, 0) is 55.0 Å². The molecule has 28 heavy (non-hydrogen) atoms. The van der Waals surface area contributed by atoms with Gasteiger partial charge in [0.05, 0.1) is 16.8 Å². The summed E-state index contributed by atoms with van der Waals surface area (Å²) in [5.41, 5.74) is 5.33. The fourth-order valence-electron chi connectivity index (χ4n) is 3.70. The fraction of sp³-hybridized carbons (Fsp3) is 0.208. The van der Waals surface area contributed by atoms with E-state index < -0.39 is 12.1 Å². The Morgan fingerprint density at radius 2 is 1.89 bits per heavy atom. The van der Waals surface area contributed by atoms with Gasteiger partial charge in [0.2, 0.25) is 0 Å². The summed E-state index contributed by atoms with van der Waals surface area (Å²) in [5.74, 6) is -0.454. The second-order valence-corrected chi connectivity index (χ2v) is 6.94. The predicted molar refractivity (Wildman–Crippen MR) is 109 cm³/mol. The van der Waals surface area contributed by atoms with E-state index in [1.54, 1.807) is 6.92 Å². The number of hydrogen-bond donors (Lipinski definition) is 0. The summed E-state index contributed by atoms with van der Waals surface area (Å²) in [5, 5.41) is 9.82. The van der Waals surface area contributed by atoms with Gasteiger partial charge in [0.1, 0.15) is 6.07 Å². The van der Waals surface area contributed by atoms with Crippen LogP contribution in [0.2, 0.25) is 0 Å². The lowest BCUT2D eigenvalue weighted by Gasteiger charge is -2.22. The van der Waals surface area contributed by atoms with Crippen LogP contribution in [0.15, 0.2) is 54.6 Å². The van der Waals surface area contributed by atoms with E-state index in [-0.39, 0.29) is 0 Å². The Kier molecular flexibility index (Phi) is 4.90. The smallest absolute Gasteiger partial charge is 0.340 e. The Hall–Kier alpha value is -3.45. The highest BCUT2D eigenvalue weighted by atomic mass is 16.5. The number of benzene rings is 2. The number of hydrogen-bond acceptors (Lipinski definition) is 4. The summed E-state index contributed by atoms with van der Waals surface area (Å²) >= 11 is 0. The second kappa shape index (κ2) is 7.66. The molecule has 0 spiro atoms. The molecule has 1 heterocycles. The van der Waals surface area contributed by atoms with Gasteiger partial charge in [-0.1, -0.05) is 48.5 Å². The van der Waals surface area contributed by atoms with E-state index in [1.165, 1.54) is 0 Å². The summed E-state index contributed by atoms with van der Waals surface area (Å²) in [6, 6.07) is 19.7. The highest BCUT2D eigenvalue weighted by Crippen LogP contribution is 2.36. The minimum absolute atomic E-state index is 0.454. The van der Waals surface area contributed by atoms with Crippen molar-refractivity contribution < 1.29 is 9.53 Å². The molecule has 2 aromatic carbocycles. The van der Waals surface area contributed by atoms with Crippen molar-refractivity contribution in [3.05, 3.63) is 77.0 Å². The highest BCUT2D eigenvalue weighted by molar-refractivity contribution is 6.06. The average molecular weight is 368 g/mol. The number of nitriles is 1. The predicted octanol–water partition coefficient (Wildman–Crippen LogP) is 5.18. The minimum Gasteiger partial charge on any atom is -0.444 e. The Balaban J connectivity index is 1.91. The van der Waals surface area contributed by atoms with Crippen molar-refractivity contribution in [2.45, 2.75) is 32.3 Å². The van der Waals surface area contributed by atoms with E-state index in [0.29, 0.717) is 5.56 Å². The number of ether oxygens (including phenoxy) is 1. The van der Waals surface area contributed by atoms with Crippen LogP contribution in [-0.4, -0.2) is 17.1 Å². The Bertz CT molecular complexity index is 1110. The first-order valence-electron chi connectivity index (χ1n) is 9.45. The summed E-state index contributed by atoms with van der Waals surface area (Å²) < 4.78 is 5.37. The SMILES string of the molecule is C[C@@H](C#N)OC(=O)c1c2c(nc3ccccc13)/C(=C/c1ccccc1)CCC2. The zero-order chi connectivity index (χ0) is 19.5. The van der Waals surface area contributed by atoms with Crippen LogP contribution in [0.4, 0.5) is 0 Å². The van der Waals surface area contributed by atoms with Crippen LogP contribution < -0.4 is 0 Å². The Morgan fingerprint density at radius 1 is 1.14 bits per heavy atom. The largest absolute Gasteiger partial charge is 0.444 e. The van der Waals surface area contributed by atoms with E-state index in [4.69, 9.17) is 15.0 Å². The van der Waals surface area contributed by atoms with Crippen LogP contribution >= 0.6 is 0 Å². The van der Waals surface area contributed by atoms with Gasteiger partial charge in [-0.3, -0.25) is 0 Å². The van der Waals surface area contributed by atoms with Gasteiger partial charge in [-0.25, -0.2) is 9.78 Å². The van der Waals surface area contributed by atoms with Crippen LogP contribution in [0.3, 0.4) is 0 Å². The third-order valence-corrected chi connectivity index (χ3v) is 4.98. The lowest BCUT2D eigenvalue weighted by Crippen LogP contribution is -2.18. The maximum Gasteiger partial charge on any atom is 0.340 e. The Morgan fingerprint density at radius 3 is 2.68 bits per heavy atom. The van der Waals surface area contributed by atoms with Gasteiger partial charge in [0, 0.05) is 5.39 Å². The van der Waals surface area contributed by atoms with E-state index in [0.717, 1.165) is 52.6 Å². The van der Waals surface area contributed by atoms with Crippen LogP contribution in [0.1, 0.15) is 46.9 Å². The van der Waals surface area contributed by atoms with Crippen molar-refractivity contribution in [3.63, 3.8) is 0 Å². The van der Waals surface area contributed by atoms with E-state index in [1.807, 2.05) is 48.5 Å². The van der Waals surface area contributed by atoms with Crippen LogP contribution in [0.25, 0.3) is 22.6 Å². The number of nitrogens with zero attached hydrogens (tertiary/aromatic N) is 2. The van der Waals surface area contributed by atoms with Crippen molar-refractivity contribution >= 4 is 28.5 Å². The number of aromatic nitrogens is 1. The van der Waals surface area contributed by atoms with Crippen LogP contribution in [0.5, 0.6) is 0 Å². The maximum atomic E-state index is 12.9. The van der Waals surface area contributed by atoms with E-state index in [2.05, 4.69) is 18.2 Å². The molecule has 1 atom stereocenters. The molecule has 0 fully saturated rings. The number of carbonyl (C=O) groups excluding carboxylic acids is 1. The van der Waals surface area contributed by atoms with Crippen LogP contribution in [-0.2, 0) is 11.2 Å². The quantitative estimate of drug-likeness (QED) is 0.598. The molecular weight excluding hydrogens is 348 g/mol. The van der Waals surface area contributed by atoms with Crippen LogP contribution in [0, 0.1) is 11.3 Å². The number of esters is 1. The molecule has 4 rings (SSSR count). The topological polar surface area (TPSA) is 63.0 Å². The molecule has 4 nitrogen and oxygen atoms in total. The summed E-state index contributed by atoms with van der Waals surface area (Å²) in [4.78, 5) is 17.8. The van der Waals surface area contributed by atoms with Crippen molar-refractivity contribution in [1.82, 2.24) is 4.98 Å². The number of carbonyl (C=O) groups is 1. The maximum absolute atomic E-state index is 12.9. The minimum atomic E-state index is -0.794. The molecule has 0 N–H and O–H groups in total. The van der Waals surface area contributed by atoms with Crippen molar-refractivity contribution in [2.24, 2.45) is 0 Å². The summed E-state index contributed by atoms with van der Waals surface area (Å²) in [7, 11) is 0. The highest BCUT2D eigenvalue weighted by Gasteiger charge is 2.26. The third kappa shape index (κ3) is 3.39. The number of fused-ring (bicyclic) bond motifs is 2. The molecule has 0 saturated heterocycles. The van der Waals surface area contributed by atoms with Gasteiger partial charge < -0.3 is 4.74 Å². The fourth-order valence-corrected chi connectivity index (χ4v) is 3.70. The average Bonchev–Trinajstić information content (AvgIpc) is 2.73. The van der Waals surface area contributed by atoms with Gasteiger partial charge >= 0.3 is 5.97 Å². The van der Waals surface area contributed by atoms with Gasteiger partial charge in [-0.15, -0.1) is 0 Å². The van der Waals surface area contributed by atoms with E-state index in [9.17, 15) is 4.79 Å². The molecule has 1 aliphatic rings. The molecule has 0 saturated carbocycles. The second-order valence-electron chi connectivity index (χ2n) is 6.94. The first kappa shape index (κ1) is 17.9. The molecule has 0 unspecified atom stereocenters. The first-order chi connectivity index (χ1) is 13.7. The lowest BCUT2D eigenvalue weighted by molar-refractivity contribution is 0.0436. The monoisotopic (exact) mass is 368 g/mol. The lowest BCUT2D eigenvalue weighted by atomic mass is 9.86. The van der Waals surface area contributed by atoms with Gasteiger partial charge in [0.15, 0.2) is 6.10 Å². The normalized spacial score (nSPS) is 15.6. The van der Waals surface area contributed by atoms with E-state index >= 15 is 0 Å². The third-order valence-electron chi connectivity index (χ3n) is 4.98. The van der Waals surface area contributed by atoms with Crippen molar-refractivity contribution in [2.75, 3.05) is 0 Å².